The summed E-state index contributed by atoms with van der Waals surface area (Å²) in [6.45, 7) is 7.52. The number of nitrogens with zero attached hydrogens (tertiary/aromatic N) is 1. The molecule has 1 atom stereocenters. The van der Waals surface area contributed by atoms with Crippen molar-refractivity contribution in [3.05, 3.63) is 234 Å². The molecule has 1 nitrogen and oxygen atoms in total. The Balaban J connectivity index is 1.21. The van der Waals surface area contributed by atoms with Gasteiger partial charge in [-0.2, -0.15) is 0 Å². The molecule has 3 aliphatic rings. The Labute approximate surface area is 355 Å². The fourth-order valence-electron chi connectivity index (χ4n) is 8.80. The lowest BCUT2D eigenvalue weighted by Gasteiger charge is -2.29. The van der Waals surface area contributed by atoms with Crippen LogP contribution in [-0.2, 0) is 0 Å². The van der Waals surface area contributed by atoms with Crippen LogP contribution in [-0.4, -0.2) is 6.54 Å². The molecule has 0 amide bonds. The highest BCUT2D eigenvalue weighted by Crippen LogP contribution is 2.41. The van der Waals surface area contributed by atoms with Crippen molar-refractivity contribution in [2.45, 2.75) is 26.2 Å². The van der Waals surface area contributed by atoms with E-state index in [1.54, 1.807) is 0 Å². The molecule has 0 spiro atoms. The van der Waals surface area contributed by atoms with Gasteiger partial charge in [0.25, 0.3) is 0 Å². The summed E-state index contributed by atoms with van der Waals surface area (Å²) < 4.78 is 0. The Hall–Kier alpha value is -7.36. The topological polar surface area (TPSA) is 3.24 Å². The second kappa shape index (κ2) is 17.6. The number of anilines is 2. The average molecular weight is 770 g/mol. The molecule has 6 aromatic rings. The van der Waals surface area contributed by atoms with Gasteiger partial charge in [0.1, 0.15) is 0 Å². The number of hydrogen-bond donors (Lipinski definition) is 0. The molecule has 0 bridgehead atoms. The van der Waals surface area contributed by atoms with Crippen LogP contribution in [0.5, 0.6) is 0 Å². The molecular weight excluding hydrogens is 723 g/mol. The number of rotatable bonds is 11. The Morgan fingerprint density at radius 1 is 0.767 bits per heavy atom. The van der Waals surface area contributed by atoms with Gasteiger partial charge in [-0.25, -0.2) is 0 Å². The van der Waals surface area contributed by atoms with Gasteiger partial charge in [-0.15, -0.1) is 5.73 Å². The average Bonchev–Trinajstić information content (AvgIpc) is 3.73. The number of hydrogen-bond acceptors (Lipinski definition) is 1. The minimum atomic E-state index is 0.452. The van der Waals surface area contributed by atoms with E-state index in [-0.39, 0.29) is 0 Å². The summed E-state index contributed by atoms with van der Waals surface area (Å²) in [5.74, 6) is 6.89. The maximum atomic E-state index is 4.46. The van der Waals surface area contributed by atoms with Crippen LogP contribution in [0.1, 0.15) is 48.4 Å². The Morgan fingerprint density at radius 3 is 2.43 bits per heavy atom. The molecule has 60 heavy (non-hydrogen) atoms. The highest BCUT2D eigenvalue weighted by Gasteiger charge is 2.22. The van der Waals surface area contributed by atoms with Crippen molar-refractivity contribution in [3.63, 3.8) is 0 Å². The molecular formula is C59H47N. The quantitative estimate of drug-likeness (QED) is 0.0721. The molecule has 3 aliphatic carbocycles. The van der Waals surface area contributed by atoms with E-state index in [4.69, 9.17) is 0 Å². The molecule has 0 aromatic heterocycles. The minimum absolute atomic E-state index is 0.452. The molecule has 0 saturated heterocycles. The second-order valence-electron chi connectivity index (χ2n) is 15.6. The summed E-state index contributed by atoms with van der Waals surface area (Å²) in [5, 5.41) is 2.48. The van der Waals surface area contributed by atoms with Crippen LogP contribution in [0.4, 0.5) is 11.4 Å². The predicted octanol–water partition coefficient (Wildman–Crippen LogP) is 15.4. The Kier molecular flexibility index (Phi) is 11.2. The van der Waals surface area contributed by atoms with Crippen LogP contribution in [0.25, 0.3) is 56.3 Å². The van der Waals surface area contributed by atoms with Crippen LogP contribution >= 0.6 is 0 Å². The van der Waals surface area contributed by atoms with E-state index in [0.717, 1.165) is 41.9 Å². The lowest BCUT2D eigenvalue weighted by Crippen LogP contribution is -2.20. The molecule has 0 heterocycles. The minimum Gasteiger partial charge on any atom is -0.341 e. The first-order chi connectivity index (χ1) is 29.6. The molecule has 0 radical (unpaired) electrons. The van der Waals surface area contributed by atoms with Crippen molar-refractivity contribution in [1.82, 2.24) is 0 Å². The third-order valence-corrected chi connectivity index (χ3v) is 11.8. The Morgan fingerprint density at radius 2 is 1.57 bits per heavy atom. The fourth-order valence-corrected chi connectivity index (χ4v) is 8.80. The normalized spacial score (nSPS) is 15.5. The molecule has 1 unspecified atom stereocenters. The highest BCUT2D eigenvalue weighted by atomic mass is 15.1. The van der Waals surface area contributed by atoms with E-state index in [1.807, 2.05) is 12.2 Å². The standard InChI is InChI=1S/C59H47N/c1-3-52(57-31-17-26-48-25-14-15-30-53(48)57)56(49-28-16-19-43(2)41-49)39-40-60(50-35-33-45(34-36-50)44-20-10-6-11-21-44)51-37-38-55(46-22-8-4-5-9-23-46)59(42-51)58-32-18-27-47-24-12-7-13-29-54(47)58/h3,6-8,10-12,14-38,42-43H,1,9,39-41H2,2H3/b56-52-. The fraction of sp³-hybridized carbons (Fsp3) is 0.102. The maximum absolute atomic E-state index is 4.46. The molecule has 6 aromatic carbocycles. The zero-order chi connectivity index (χ0) is 40.7. The van der Waals surface area contributed by atoms with Crippen LogP contribution in [0, 0.1) is 17.8 Å². The van der Waals surface area contributed by atoms with Crippen molar-refractivity contribution in [1.29, 1.82) is 0 Å². The van der Waals surface area contributed by atoms with Gasteiger partial charge in [0.05, 0.1) is 0 Å². The van der Waals surface area contributed by atoms with Gasteiger partial charge in [-0.1, -0.05) is 177 Å². The SMILES string of the molecule is C=C/C(=C(\CCN(c1ccc(-c2ccccc2)cc1)c1ccc(C2=CCC#CC=C2)c(-c2cccc3c2C=C=CC=C3)c1)C1=CC=CC(C)C1)c1cccc2ccccc12. The first-order valence-electron chi connectivity index (χ1n) is 21.0. The van der Waals surface area contributed by atoms with Crippen LogP contribution in [0.2, 0.25) is 0 Å². The molecule has 288 valence electrons. The lowest BCUT2D eigenvalue weighted by atomic mass is 9.84. The van der Waals surface area contributed by atoms with Gasteiger partial charge >= 0.3 is 0 Å². The molecule has 1 heteroatoms. The molecule has 9 rings (SSSR count). The van der Waals surface area contributed by atoms with Crippen LogP contribution < -0.4 is 4.90 Å². The zero-order valence-electron chi connectivity index (χ0n) is 34.1. The van der Waals surface area contributed by atoms with E-state index >= 15 is 0 Å². The van der Waals surface area contributed by atoms with Crippen molar-refractivity contribution < 1.29 is 0 Å². The summed E-state index contributed by atoms with van der Waals surface area (Å²) in [6.07, 6.45) is 26.2. The monoisotopic (exact) mass is 769 g/mol. The first kappa shape index (κ1) is 38.2. The van der Waals surface area contributed by atoms with E-state index < -0.39 is 0 Å². The number of allylic oxidation sites excluding steroid dienone is 12. The third-order valence-electron chi connectivity index (χ3n) is 11.8. The summed E-state index contributed by atoms with van der Waals surface area (Å²) in [7, 11) is 0. The molecule has 0 N–H and O–H groups in total. The third kappa shape index (κ3) is 8.03. The lowest BCUT2D eigenvalue weighted by molar-refractivity contribution is 0.704. The summed E-state index contributed by atoms with van der Waals surface area (Å²) in [6, 6.07) is 48.7. The zero-order valence-corrected chi connectivity index (χ0v) is 34.1. The van der Waals surface area contributed by atoms with Gasteiger partial charge in [0, 0.05) is 24.3 Å². The second-order valence-corrected chi connectivity index (χ2v) is 15.6. The van der Waals surface area contributed by atoms with E-state index in [0.29, 0.717) is 12.3 Å². The molecule has 0 saturated carbocycles. The van der Waals surface area contributed by atoms with Gasteiger partial charge in [-0.3, -0.25) is 0 Å². The molecule has 0 fully saturated rings. The largest absolute Gasteiger partial charge is 0.341 e. The Bertz CT molecular complexity index is 2920. The smallest absolute Gasteiger partial charge is 0.0417 e. The van der Waals surface area contributed by atoms with Gasteiger partial charge in [0.15, 0.2) is 0 Å². The van der Waals surface area contributed by atoms with Crippen molar-refractivity contribution >= 4 is 45.4 Å². The first-order valence-corrected chi connectivity index (χ1v) is 21.0. The summed E-state index contributed by atoms with van der Waals surface area (Å²) in [5.41, 5.74) is 20.2. The van der Waals surface area contributed by atoms with Gasteiger partial charge in [0.2, 0.25) is 0 Å². The van der Waals surface area contributed by atoms with Crippen LogP contribution in [0.3, 0.4) is 0 Å². The van der Waals surface area contributed by atoms with Gasteiger partial charge < -0.3 is 4.90 Å². The maximum Gasteiger partial charge on any atom is 0.0417 e. The van der Waals surface area contributed by atoms with Crippen LogP contribution in [0.15, 0.2) is 212 Å². The van der Waals surface area contributed by atoms with E-state index in [2.05, 4.69) is 224 Å². The van der Waals surface area contributed by atoms with Crippen molar-refractivity contribution in [2.75, 3.05) is 11.4 Å². The van der Waals surface area contributed by atoms with Crippen molar-refractivity contribution in [3.8, 4) is 34.1 Å². The summed E-state index contributed by atoms with van der Waals surface area (Å²) >= 11 is 0. The predicted molar refractivity (Wildman–Crippen MR) is 259 cm³/mol. The molecule has 0 aliphatic heterocycles. The number of fused-ring (bicyclic) bond motifs is 2. The van der Waals surface area contributed by atoms with Gasteiger partial charge in [-0.05, 0) is 145 Å². The summed E-state index contributed by atoms with van der Waals surface area (Å²) in [4.78, 5) is 2.51. The highest BCUT2D eigenvalue weighted by molar-refractivity contribution is 5.98. The van der Waals surface area contributed by atoms with Crippen molar-refractivity contribution in [2.24, 2.45) is 5.92 Å². The number of benzene rings is 6. The van der Waals surface area contributed by atoms with E-state index in [1.165, 1.54) is 66.4 Å². The van der Waals surface area contributed by atoms with E-state index in [9.17, 15) is 0 Å².